The van der Waals surface area contributed by atoms with Gasteiger partial charge in [-0.1, -0.05) is 152 Å². The predicted octanol–water partition coefficient (Wildman–Crippen LogP) is 14.0. The average Bonchev–Trinajstić information content (AvgIpc) is 3.86. The van der Waals surface area contributed by atoms with Gasteiger partial charge >= 0.3 is 0 Å². The van der Waals surface area contributed by atoms with Crippen molar-refractivity contribution in [3.8, 4) is 39.9 Å². The quantitative estimate of drug-likeness (QED) is 0.179. The Labute approximate surface area is 344 Å². The molecule has 0 amide bonds. The van der Waals surface area contributed by atoms with Crippen molar-refractivity contribution in [1.29, 1.82) is 0 Å². The summed E-state index contributed by atoms with van der Waals surface area (Å²) < 4.78 is 9.32. The molecule has 0 N–H and O–H groups in total. The number of hydrogen-bond acceptors (Lipinski definition) is 4. The van der Waals surface area contributed by atoms with Gasteiger partial charge in [-0.2, -0.15) is 0 Å². The summed E-state index contributed by atoms with van der Waals surface area (Å²) >= 11 is 0. The molecule has 60 heavy (non-hydrogen) atoms. The summed E-state index contributed by atoms with van der Waals surface area (Å²) in [6, 6.07) is 55.9. The summed E-state index contributed by atoms with van der Waals surface area (Å²) in [5.74, 6) is 2.47. The van der Waals surface area contributed by atoms with Gasteiger partial charge < -0.3 is 8.98 Å². The fourth-order valence-corrected chi connectivity index (χ4v) is 9.75. The zero-order valence-corrected chi connectivity index (χ0v) is 32.3. The number of aromatic nitrogens is 4. The monoisotopic (exact) mass is 766 g/mol. The van der Waals surface area contributed by atoms with Crippen LogP contribution in [0.4, 0.5) is 0 Å². The molecule has 5 heteroatoms. The van der Waals surface area contributed by atoms with Crippen molar-refractivity contribution >= 4 is 71.4 Å². The van der Waals surface area contributed by atoms with E-state index in [-0.39, 0.29) is 0 Å². The summed E-state index contributed by atoms with van der Waals surface area (Å²) in [4.78, 5) is 15.9. The second-order valence-electron chi connectivity index (χ2n) is 15.9. The van der Waals surface area contributed by atoms with E-state index in [0.717, 1.165) is 66.1 Å². The van der Waals surface area contributed by atoms with Crippen LogP contribution in [0.5, 0.6) is 0 Å². The topological polar surface area (TPSA) is 56.7 Å². The minimum absolute atomic E-state index is 0.317. The molecule has 5 nitrogen and oxygen atoms in total. The maximum absolute atomic E-state index is 6.92. The third-order valence-electron chi connectivity index (χ3n) is 12.6. The van der Waals surface area contributed by atoms with E-state index in [1.807, 2.05) is 12.1 Å². The van der Waals surface area contributed by atoms with Gasteiger partial charge in [0.15, 0.2) is 17.5 Å². The highest BCUT2D eigenvalue weighted by molar-refractivity contribution is 6.18. The van der Waals surface area contributed by atoms with Gasteiger partial charge in [0.1, 0.15) is 11.2 Å². The molecular formula is C55H34N4O. The minimum Gasteiger partial charge on any atom is -0.455 e. The van der Waals surface area contributed by atoms with Gasteiger partial charge in [0.2, 0.25) is 0 Å². The van der Waals surface area contributed by atoms with Crippen LogP contribution in [0.15, 0.2) is 193 Å². The number of para-hydroxylation sites is 2. The molecule has 8 aromatic carbocycles. The number of fused-ring (bicyclic) bond motifs is 11. The second kappa shape index (κ2) is 12.8. The van der Waals surface area contributed by atoms with Crippen LogP contribution in [0.1, 0.15) is 17.0 Å². The maximum atomic E-state index is 6.92. The van der Waals surface area contributed by atoms with Crippen molar-refractivity contribution in [2.75, 3.05) is 0 Å². The summed E-state index contributed by atoms with van der Waals surface area (Å²) in [5, 5.41) is 9.09. The van der Waals surface area contributed by atoms with Gasteiger partial charge in [0, 0.05) is 39.1 Å². The predicted molar refractivity (Wildman–Crippen MR) is 246 cm³/mol. The Hall–Kier alpha value is -7.89. The van der Waals surface area contributed by atoms with Crippen LogP contribution in [0, 0.1) is 5.92 Å². The van der Waals surface area contributed by atoms with Gasteiger partial charge in [0.05, 0.1) is 27.7 Å². The first-order chi connectivity index (χ1) is 29.7. The Bertz CT molecular complexity index is 3690. The number of furan rings is 1. The van der Waals surface area contributed by atoms with Crippen LogP contribution < -0.4 is 0 Å². The lowest BCUT2D eigenvalue weighted by atomic mass is 9.77. The number of hydrogen-bond donors (Lipinski definition) is 0. The zero-order chi connectivity index (χ0) is 39.3. The van der Waals surface area contributed by atoms with Crippen molar-refractivity contribution < 1.29 is 4.42 Å². The number of nitrogens with zero attached hydrogens (tertiary/aromatic N) is 4. The molecule has 0 radical (unpaired) electrons. The summed E-state index contributed by atoms with van der Waals surface area (Å²) in [5.41, 5.74) is 10.0. The van der Waals surface area contributed by atoms with E-state index < -0.39 is 0 Å². The van der Waals surface area contributed by atoms with Crippen molar-refractivity contribution in [3.63, 3.8) is 0 Å². The first-order valence-electron chi connectivity index (χ1n) is 20.5. The van der Waals surface area contributed by atoms with E-state index >= 15 is 0 Å². The lowest BCUT2D eigenvalue weighted by Crippen LogP contribution is -2.13. The van der Waals surface area contributed by atoms with Crippen molar-refractivity contribution in [3.05, 3.63) is 199 Å². The Balaban J connectivity index is 1.07. The third-order valence-corrected chi connectivity index (χ3v) is 12.6. The fraction of sp³-hybridized carbons (Fsp3) is 0.0364. The van der Waals surface area contributed by atoms with Crippen molar-refractivity contribution in [2.24, 2.45) is 5.92 Å². The highest BCUT2D eigenvalue weighted by Gasteiger charge is 2.26. The van der Waals surface area contributed by atoms with E-state index in [0.29, 0.717) is 29.3 Å². The maximum Gasteiger partial charge on any atom is 0.167 e. The first kappa shape index (κ1) is 33.1. The van der Waals surface area contributed by atoms with Gasteiger partial charge in [-0.25, -0.2) is 15.0 Å². The van der Waals surface area contributed by atoms with Crippen LogP contribution in [-0.2, 0) is 0 Å². The highest BCUT2D eigenvalue weighted by Crippen LogP contribution is 2.44. The molecule has 280 valence electrons. The molecule has 13 rings (SSSR count). The van der Waals surface area contributed by atoms with Crippen LogP contribution >= 0.6 is 0 Å². The average molecular weight is 767 g/mol. The molecule has 0 spiro atoms. The molecule has 11 aromatic rings. The standard InChI is InChI=1S/C55H34N4O/c1-2-15-36-32-49-46(31-35(36)14-1)42-19-7-9-22-47(42)59(49)48-29-28-45(52-51(48)44-20-8-10-23-50(44)60-52)55-57-53(56-54(58-55)43-21-11-16-33-12-3-6-18-40(33)43)38-26-27-41-37(30-38)25-24-34-13-4-5-17-39(34)41/h1-32,34,39H. The molecule has 2 aliphatic rings. The van der Waals surface area contributed by atoms with Crippen LogP contribution in [0.2, 0.25) is 0 Å². The number of allylic oxidation sites excluding steroid dienone is 5. The SMILES string of the molecule is C1=CC2C=Cc3cc(-c4nc(-c5cccc6ccccc56)nc(-c5ccc(-n6c7ccccc7c7cc8ccccc8cc76)c6c5oc5ccccc56)n4)ccc3C2C=C1. The van der Waals surface area contributed by atoms with Crippen LogP contribution in [0.25, 0.3) is 111 Å². The summed E-state index contributed by atoms with van der Waals surface area (Å²) in [7, 11) is 0. The normalized spacial score (nSPS) is 15.8. The molecule has 0 saturated heterocycles. The Morgan fingerprint density at radius 1 is 0.483 bits per heavy atom. The number of rotatable bonds is 4. The van der Waals surface area contributed by atoms with E-state index in [1.165, 1.54) is 32.7 Å². The smallest absolute Gasteiger partial charge is 0.167 e. The van der Waals surface area contributed by atoms with Crippen LogP contribution in [0.3, 0.4) is 0 Å². The number of benzene rings is 8. The van der Waals surface area contributed by atoms with E-state index in [2.05, 4.69) is 187 Å². The van der Waals surface area contributed by atoms with Gasteiger partial charge in [-0.3, -0.25) is 0 Å². The highest BCUT2D eigenvalue weighted by atomic mass is 16.3. The minimum atomic E-state index is 0.317. The summed E-state index contributed by atoms with van der Waals surface area (Å²) in [6.07, 6.45) is 13.4. The Morgan fingerprint density at radius 3 is 2.10 bits per heavy atom. The second-order valence-corrected chi connectivity index (χ2v) is 15.9. The molecule has 3 heterocycles. The fourth-order valence-electron chi connectivity index (χ4n) is 9.75. The Morgan fingerprint density at radius 2 is 1.20 bits per heavy atom. The first-order valence-corrected chi connectivity index (χ1v) is 20.5. The zero-order valence-electron chi connectivity index (χ0n) is 32.3. The molecule has 0 saturated carbocycles. The lowest BCUT2D eigenvalue weighted by molar-refractivity contribution is 0.669. The molecule has 3 aromatic heterocycles. The molecule has 0 fully saturated rings. The van der Waals surface area contributed by atoms with Gasteiger partial charge in [-0.15, -0.1) is 0 Å². The van der Waals surface area contributed by atoms with Crippen molar-refractivity contribution in [1.82, 2.24) is 19.5 Å². The molecule has 2 atom stereocenters. The third kappa shape index (κ3) is 4.96. The molecule has 2 unspecified atom stereocenters. The van der Waals surface area contributed by atoms with Crippen LogP contribution in [-0.4, -0.2) is 19.5 Å². The lowest BCUT2D eigenvalue weighted by Gasteiger charge is -2.27. The van der Waals surface area contributed by atoms with Gasteiger partial charge in [-0.05, 0) is 75.1 Å². The van der Waals surface area contributed by atoms with Gasteiger partial charge in [0.25, 0.3) is 0 Å². The van der Waals surface area contributed by atoms with Crippen molar-refractivity contribution in [2.45, 2.75) is 5.92 Å². The van der Waals surface area contributed by atoms with E-state index in [4.69, 9.17) is 19.4 Å². The molecule has 0 aliphatic heterocycles. The molecular weight excluding hydrogens is 733 g/mol. The van der Waals surface area contributed by atoms with E-state index in [9.17, 15) is 0 Å². The largest absolute Gasteiger partial charge is 0.455 e. The summed E-state index contributed by atoms with van der Waals surface area (Å²) in [6.45, 7) is 0. The molecule has 2 aliphatic carbocycles. The molecule has 0 bridgehead atoms. The van der Waals surface area contributed by atoms with E-state index in [1.54, 1.807) is 0 Å². The Kier molecular flexibility index (Phi) is 7.07.